The van der Waals surface area contributed by atoms with E-state index in [2.05, 4.69) is 26.5 Å². The first kappa shape index (κ1) is 20.1. The molecular formula is C20H34O3. The van der Waals surface area contributed by atoms with Gasteiger partial charge in [0.25, 0.3) is 0 Å². The molecule has 0 saturated carbocycles. The van der Waals surface area contributed by atoms with Gasteiger partial charge in [0.05, 0.1) is 17.3 Å². The largest absolute Gasteiger partial charge is 0.389 e. The highest BCUT2D eigenvalue weighted by atomic mass is 16.3. The number of aliphatic hydroxyl groups is 3. The zero-order valence-corrected chi connectivity index (χ0v) is 15.1. The monoisotopic (exact) mass is 322 g/mol. The predicted molar refractivity (Wildman–Crippen MR) is 96.1 cm³/mol. The van der Waals surface area contributed by atoms with Crippen LogP contribution in [-0.2, 0) is 0 Å². The van der Waals surface area contributed by atoms with Crippen LogP contribution in [0.3, 0.4) is 0 Å². The quantitative estimate of drug-likeness (QED) is 0.644. The minimum absolute atomic E-state index is 0.348. The van der Waals surface area contributed by atoms with E-state index in [4.69, 9.17) is 0 Å². The summed E-state index contributed by atoms with van der Waals surface area (Å²) in [5.74, 6) is 0.816. The summed E-state index contributed by atoms with van der Waals surface area (Å²) in [7, 11) is 0. The Morgan fingerprint density at radius 1 is 1.13 bits per heavy atom. The van der Waals surface area contributed by atoms with Gasteiger partial charge in [-0.3, -0.25) is 0 Å². The second-order valence-corrected chi connectivity index (χ2v) is 7.84. The van der Waals surface area contributed by atoms with E-state index in [0.717, 1.165) is 18.4 Å². The van der Waals surface area contributed by atoms with Crippen molar-refractivity contribution in [1.82, 2.24) is 0 Å². The number of rotatable bonds is 1. The molecule has 0 saturated heterocycles. The topological polar surface area (TPSA) is 60.7 Å². The minimum atomic E-state index is -0.981. The van der Waals surface area contributed by atoms with Gasteiger partial charge in [-0.05, 0) is 63.4 Å². The fourth-order valence-electron chi connectivity index (χ4n) is 2.84. The summed E-state index contributed by atoms with van der Waals surface area (Å²) in [6.45, 7) is 11.9. The van der Waals surface area contributed by atoms with E-state index >= 15 is 0 Å². The first-order valence-corrected chi connectivity index (χ1v) is 8.70. The molecule has 0 bridgehead atoms. The Labute approximate surface area is 141 Å². The van der Waals surface area contributed by atoms with Crippen LogP contribution in [0.5, 0.6) is 0 Å². The molecule has 3 nitrogen and oxygen atoms in total. The molecule has 1 aliphatic rings. The fourth-order valence-corrected chi connectivity index (χ4v) is 2.84. The molecule has 0 unspecified atom stereocenters. The molecule has 132 valence electrons. The molecule has 0 amide bonds. The molecule has 0 heterocycles. The Morgan fingerprint density at radius 2 is 1.78 bits per heavy atom. The van der Waals surface area contributed by atoms with E-state index in [1.165, 1.54) is 0 Å². The van der Waals surface area contributed by atoms with Crippen molar-refractivity contribution in [2.75, 3.05) is 0 Å². The Kier molecular flexibility index (Phi) is 7.25. The molecule has 3 N–H and O–H groups in total. The second-order valence-electron chi connectivity index (χ2n) is 7.84. The second kappa shape index (κ2) is 8.27. The maximum Gasteiger partial charge on any atom is 0.0834 e. The van der Waals surface area contributed by atoms with Gasteiger partial charge in [0.1, 0.15) is 0 Å². The van der Waals surface area contributed by atoms with E-state index in [1.54, 1.807) is 19.9 Å². The molecule has 0 radical (unpaired) electrons. The molecule has 3 heteroatoms. The molecule has 0 aromatic heterocycles. The average molecular weight is 322 g/mol. The molecule has 0 fully saturated rings. The summed E-state index contributed by atoms with van der Waals surface area (Å²) in [5.41, 5.74) is -1.07. The molecule has 1 rings (SSSR count). The first-order valence-electron chi connectivity index (χ1n) is 8.70. The van der Waals surface area contributed by atoms with Gasteiger partial charge in [-0.25, -0.2) is 0 Å². The molecule has 1 aliphatic carbocycles. The normalized spacial score (nSPS) is 40.6. The maximum atomic E-state index is 10.5. The summed E-state index contributed by atoms with van der Waals surface area (Å²) in [4.78, 5) is 0. The van der Waals surface area contributed by atoms with Gasteiger partial charge in [0.15, 0.2) is 0 Å². The Morgan fingerprint density at radius 3 is 2.39 bits per heavy atom. The number of aliphatic hydroxyl groups excluding tert-OH is 1. The van der Waals surface area contributed by atoms with E-state index in [1.807, 2.05) is 12.2 Å². The molecule has 23 heavy (non-hydrogen) atoms. The van der Waals surface area contributed by atoms with Gasteiger partial charge < -0.3 is 15.3 Å². The van der Waals surface area contributed by atoms with Crippen molar-refractivity contribution in [3.63, 3.8) is 0 Å². The van der Waals surface area contributed by atoms with Gasteiger partial charge in [-0.15, -0.1) is 0 Å². The smallest absolute Gasteiger partial charge is 0.0834 e. The average Bonchev–Trinajstić information content (AvgIpc) is 2.42. The van der Waals surface area contributed by atoms with E-state index < -0.39 is 17.3 Å². The van der Waals surface area contributed by atoms with Gasteiger partial charge in [0.2, 0.25) is 0 Å². The predicted octanol–water partition coefficient (Wildman–Crippen LogP) is 3.75. The van der Waals surface area contributed by atoms with Crippen LogP contribution in [0.25, 0.3) is 0 Å². The maximum absolute atomic E-state index is 10.5. The van der Waals surface area contributed by atoms with Crippen molar-refractivity contribution < 1.29 is 15.3 Å². The SMILES string of the molecule is C=C1CC[C@@H](C(C)C)/C=C/[C@@](C)(O)C/C=C/[C@@](C)(O)CC[C@@H]1O. The van der Waals surface area contributed by atoms with Crippen LogP contribution in [0.15, 0.2) is 36.5 Å². The summed E-state index contributed by atoms with van der Waals surface area (Å²) in [6, 6.07) is 0. The van der Waals surface area contributed by atoms with E-state index in [9.17, 15) is 15.3 Å². The lowest BCUT2D eigenvalue weighted by molar-refractivity contribution is 0.0780. The molecule has 4 atom stereocenters. The highest BCUT2D eigenvalue weighted by Gasteiger charge is 2.22. The van der Waals surface area contributed by atoms with E-state index in [-0.39, 0.29) is 0 Å². The summed E-state index contributed by atoms with van der Waals surface area (Å²) in [6.07, 6.45) is 10.0. The molecule has 0 aliphatic heterocycles. The van der Waals surface area contributed by atoms with Crippen LogP contribution in [0.2, 0.25) is 0 Å². The van der Waals surface area contributed by atoms with Gasteiger partial charge >= 0.3 is 0 Å². The van der Waals surface area contributed by atoms with Crippen LogP contribution in [0.1, 0.15) is 59.8 Å². The molecular weight excluding hydrogens is 288 g/mol. The summed E-state index contributed by atoms with van der Waals surface area (Å²) < 4.78 is 0. The van der Waals surface area contributed by atoms with Crippen molar-refractivity contribution in [3.8, 4) is 0 Å². The lowest BCUT2D eigenvalue weighted by Crippen LogP contribution is -2.25. The van der Waals surface area contributed by atoms with Crippen molar-refractivity contribution in [3.05, 3.63) is 36.5 Å². The third-order valence-corrected chi connectivity index (χ3v) is 4.76. The van der Waals surface area contributed by atoms with Gasteiger partial charge in [-0.1, -0.05) is 44.7 Å². The highest BCUT2D eigenvalue weighted by molar-refractivity contribution is 5.10. The van der Waals surface area contributed by atoms with Gasteiger partial charge in [0, 0.05) is 0 Å². The number of hydrogen-bond acceptors (Lipinski definition) is 3. The number of allylic oxidation sites excluding steroid dienone is 1. The molecule has 0 spiro atoms. The van der Waals surface area contributed by atoms with E-state index in [0.29, 0.717) is 31.1 Å². The fraction of sp³-hybridized carbons (Fsp3) is 0.700. The molecule has 0 aromatic carbocycles. The minimum Gasteiger partial charge on any atom is -0.389 e. The Hall–Kier alpha value is -0.900. The summed E-state index contributed by atoms with van der Waals surface area (Å²) in [5, 5.41) is 31.1. The third-order valence-electron chi connectivity index (χ3n) is 4.76. The Bertz CT molecular complexity index is 444. The van der Waals surface area contributed by atoms with Crippen LogP contribution >= 0.6 is 0 Å². The van der Waals surface area contributed by atoms with Crippen molar-refractivity contribution in [1.29, 1.82) is 0 Å². The van der Waals surface area contributed by atoms with Crippen molar-refractivity contribution >= 4 is 0 Å². The van der Waals surface area contributed by atoms with Crippen LogP contribution in [0.4, 0.5) is 0 Å². The standard InChI is InChI=1S/C20H34O3/c1-15(2)17-8-7-16(3)18(21)10-14-20(5,23)12-6-11-19(4,22)13-9-17/h6,9,12-13,15,17-18,21-23H,3,7-8,10-11,14H2,1-2,4-5H3/b12-6+,13-9+/t17-,18+,19+,20-/m1/s1. The Balaban J connectivity index is 2.98. The van der Waals surface area contributed by atoms with Crippen LogP contribution < -0.4 is 0 Å². The van der Waals surface area contributed by atoms with Crippen LogP contribution in [-0.4, -0.2) is 32.6 Å². The highest BCUT2D eigenvalue weighted by Crippen LogP contribution is 2.27. The summed E-state index contributed by atoms with van der Waals surface area (Å²) >= 11 is 0. The van der Waals surface area contributed by atoms with Crippen molar-refractivity contribution in [2.45, 2.75) is 77.1 Å². The lowest BCUT2D eigenvalue weighted by Gasteiger charge is -2.25. The number of hydrogen-bond donors (Lipinski definition) is 3. The zero-order chi connectivity index (χ0) is 17.7. The van der Waals surface area contributed by atoms with Gasteiger partial charge in [-0.2, -0.15) is 0 Å². The molecule has 0 aromatic rings. The lowest BCUT2D eigenvalue weighted by atomic mass is 9.85. The first-order chi connectivity index (χ1) is 10.5. The third kappa shape index (κ3) is 7.47. The van der Waals surface area contributed by atoms with Crippen LogP contribution in [0, 0.1) is 11.8 Å². The zero-order valence-electron chi connectivity index (χ0n) is 15.1. The van der Waals surface area contributed by atoms with Crippen molar-refractivity contribution in [2.24, 2.45) is 11.8 Å².